The number of amides is 2. The van der Waals surface area contributed by atoms with Crippen molar-refractivity contribution >= 4 is 12.2 Å². The van der Waals surface area contributed by atoms with Crippen molar-refractivity contribution in [3.05, 3.63) is 23.8 Å². The van der Waals surface area contributed by atoms with Gasteiger partial charge in [0.2, 0.25) is 0 Å². The number of carbonyl (C=O) groups excluding carboxylic acids is 1. The average molecular weight is 288 g/mol. The van der Waals surface area contributed by atoms with E-state index in [1.54, 1.807) is 11.0 Å². The molecule has 1 unspecified atom stereocenters. The molecule has 2 saturated heterocycles. The standard InChI is InChI=1S/C16H24N4O/c1-12-10-20(11-13(12)2-5-17)15(21)19-9-14-8-16(14)3-6-18-7-4-16/h2,5,14,17-18H,1,3-4,6-11H2,(H,19,21)/b13-2-,17-5?. The molecular weight excluding hydrogens is 264 g/mol. The third-order valence-corrected chi connectivity index (χ3v) is 5.23. The van der Waals surface area contributed by atoms with Gasteiger partial charge in [-0.1, -0.05) is 6.58 Å². The van der Waals surface area contributed by atoms with Gasteiger partial charge in [-0.05, 0) is 60.9 Å². The highest BCUT2D eigenvalue weighted by molar-refractivity contribution is 5.78. The van der Waals surface area contributed by atoms with E-state index in [1.807, 2.05) is 0 Å². The summed E-state index contributed by atoms with van der Waals surface area (Å²) >= 11 is 0. The Morgan fingerprint density at radius 2 is 2.24 bits per heavy atom. The second kappa shape index (κ2) is 5.64. The number of hydrogen-bond donors (Lipinski definition) is 3. The zero-order valence-corrected chi connectivity index (χ0v) is 12.5. The van der Waals surface area contributed by atoms with Gasteiger partial charge >= 0.3 is 6.03 Å². The van der Waals surface area contributed by atoms with Crippen LogP contribution in [0.2, 0.25) is 0 Å². The predicted molar refractivity (Wildman–Crippen MR) is 83.6 cm³/mol. The van der Waals surface area contributed by atoms with Crippen LogP contribution in [-0.4, -0.2) is 49.9 Å². The molecule has 1 saturated carbocycles. The molecule has 0 aromatic rings. The number of hydrogen-bond acceptors (Lipinski definition) is 3. The maximum Gasteiger partial charge on any atom is 0.318 e. The van der Waals surface area contributed by atoms with E-state index in [0.29, 0.717) is 24.4 Å². The van der Waals surface area contributed by atoms with Crippen LogP contribution in [0.25, 0.3) is 0 Å². The number of carbonyl (C=O) groups is 1. The summed E-state index contributed by atoms with van der Waals surface area (Å²) in [5.74, 6) is 0.658. The average Bonchev–Trinajstić information content (AvgIpc) is 3.00. The van der Waals surface area contributed by atoms with E-state index in [1.165, 1.54) is 25.5 Å². The van der Waals surface area contributed by atoms with E-state index in [4.69, 9.17) is 5.41 Å². The van der Waals surface area contributed by atoms with Crippen molar-refractivity contribution in [3.8, 4) is 0 Å². The van der Waals surface area contributed by atoms with Crippen LogP contribution in [0.3, 0.4) is 0 Å². The molecule has 2 aliphatic heterocycles. The van der Waals surface area contributed by atoms with Gasteiger partial charge in [-0.2, -0.15) is 0 Å². The highest BCUT2D eigenvalue weighted by atomic mass is 16.2. The molecule has 1 aliphatic carbocycles. The highest BCUT2D eigenvalue weighted by Crippen LogP contribution is 2.58. The topological polar surface area (TPSA) is 68.2 Å². The lowest BCUT2D eigenvalue weighted by atomic mass is 9.92. The van der Waals surface area contributed by atoms with E-state index in [0.717, 1.165) is 30.8 Å². The van der Waals surface area contributed by atoms with Gasteiger partial charge in [0, 0.05) is 25.8 Å². The smallest absolute Gasteiger partial charge is 0.318 e. The van der Waals surface area contributed by atoms with Crippen molar-refractivity contribution in [2.24, 2.45) is 11.3 Å². The van der Waals surface area contributed by atoms with E-state index in [-0.39, 0.29) is 6.03 Å². The van der Waals surface area contributed by atoms with Gasteiger partial charge in [-0.25, -0.2) is 4.79 Å². The molecule has 0 radical (unpaired) electrons. The monoisotopic (exact) mass is 288 g/mol. The third-order valence-electron chi connectivity index (χ3n) is 5.23. The Labute approximate surface area is 126 Å². The van der Waals surface area contributed by atoms with Crippen molar-refractivity contribution in [2.45, 2.75) is 19.3 Å². The van der Waals surface area contributed by atoms with Gasteiger partial charge in [-0.3, -0.25) is 0 Å². The SMILES string of the molecule is C=C1CN(C(=O)NCC2CC23CCNCC3)C/C1=C/C=N. The number of piperidine rings is 1. The van der Waals surface area contributed by atoms with Gasteiger partial charge in [-0.15, -0.1) is 0 Å². The fourth-order valence-corrected chi connectivity index (χ4v) is 3.70. The quantitative estimate of drug-likeness (QED) is 0.689. The summed E-state index contributed by atoms with van der Waals surface area (Å²) in [6.07, 6.45) is 6.74. The number of likely N-dealkylation sites (tertiary alicyclic amines) is 1. The maximum absolute atomic E-state index is 12.2. The van der Waals surface area contributed by atoms with Crippen molar-refractivity contribution in [1.29, 1.82) is 5.41 Å². The van der Waals surface area contributed by atoms with E-state index >= 15 is 0 Å². The number of nitrogens with one attached hydrogen (secondary N) is 3. The van der Waals surface area contributed by atoms with Crippen LogP contribution in [0.1, 0.15) is 19.3 Å². The van der Waals surface area contributed by atoms with Crippen molar-refractivity contribution in [1.82, 2.24) is 15.5 Å². The minimum absolute atomic E-state index is 0.000477. The molecule has 1 atom stereocenters. The Morgan fingerprint density at radius 3 is 2.95 bits per heavy atom. The summed E-state index contributed by atoms with van der Waals surface area (Å²) in [7, 11) is 0. The fourth-order valence-electron chi connectivity index (χ4n) is 3.70. The van der Waals surface area contributed by atoms with Gasteiger partial charge in [0.15, 0.2) is 0 Å². The minimum Gasteiger partial charge on any atom is -0.338 e. The van der Waals surface area contributed by atoms with Crippen LogP contribution in [0, 0.1) is 16.7 Å². The predicted octanol–water partition coefficient (Wildman–Crippen LogP) is 1.53. The Kier molecular flexibility index (Phi) is 3.85. The zero-order valence-electron chi connectivity index (χ0n) is 12.5. The van der Waals surface area contributed by atoms with Crippen LogP contribution in [0.4, 0.5) is 4.79 Å². The number of nitrogens with zero attached hydrogens (tertiary/aromatic N) is 1. The van der Waals surface area contributed by atoms with Gasteiger partial charge < -0.3 is 20.9 Å². The molecule has 1 spiro atoms. The molecule has 5 heteroatoms. The van der Waals surface area contributed by atoms with Crippen molar-refractivity contribution in [3.63, 3.8) is 0 Å². The van der Waals surface area contributed by atoms with Gasteiger partial charge in [0.05, 0.1) is 0 Å². The lowest BCUT2D eigenvalue weighted by Gasteiger charge is -2.24. The first kappa shape index (κ1) is 14.3. The first-order valence-corrected chi connectivity index (χ1v) is 7.76. The summed E-state index contributed by atoms with van der Waals surface area (Å²) < 4.78 is 0. The Morgan fingerprint density at radius 1 is 1.48 bits per heavy atom. The molecule has 3 aliphatic rings. The molecule has 5 nitrogen and oxygen atoms in total. The highest BCUT2D eigenvalue weighted by Gasteiger charge is 2.53. The number of urea groups is 1. The summed E-state index contributed by atoms with van der Waals surface area (Å²) in [6.45, 7) is 8.14. The molecule has 3 rings (SSSR count). The molecule has 3 N–H and O–H groups in total. The van der Waals surface area contributed by atoms with E-state index < -0.39 is 0 Å². The molecule has 2 heterocycles. The van der Waals surface area contributed by atoms with Crippen LogP contribution < -0.4 is 10.6 Å². The van der Waals surface area contributed by atoms with Crippen LogP contribution in [-0.2, 0) is 0 Å². The Bertz CT molecular complexity index is 491. The molecule has 0 bridgehead atoms. The molecule has 0 aromatic carbocycles. The second-order valence-electron chi connectivity index (χ2n) is 6.52. The second-order valence-corrected chi connectivity index (χ2v) is 6.52. The molecular formula is C16H24N4O. The summed E-state index contributed by atoms with van der Waals surface area (Å²) in [6, 6.07) is 0.000477. The first-order chi connectivity index (χ1) is 10.1. The summed E-state index contributed by atoms with van der Waals surface area (Å²) in [5, 5.41) is 13.6. The first-order valence-electron chi connectivity index (χ1n) is 7.76. The third kappa shape index (κ3) is 2.88. The number of rotatable bonds is 3. The molecule has 2 amide bonds. The Hall–Kier alpha value is -1.62. The van der Waals surface area contributed by atoms with Gasteiger partial charge in [0.25, 0.3) is 0 Å². The number of allylic oxidation sites excluding steroid dienone is 1. The van der Waals surface area contributed by atoms with Crippen LogP contribution >= 0.6 is 0 Å². The van der Waals surface area contributed by atoms with Crippen LogP contribution in [0.5, 0.6) is 0 Å². The lowest BCUT2D eigenvalue weighted by molar-refractivity contribution is 0.209. The zero-order chi connectivity index (χ0) is 14.9. The lowest BCUT2D eigenvalue weighted by Crippen LogP contribution is -2.40. The normalized spacial score (nSPS) is 29.0. The molecule has 21 heavy (non-hydrogen) atoms. The molecule has 114 valence electrons. The molecule has 3 fully saturated rings. The maximum atomic E-state index is 12.2. The van der Waals surface area contributed by atoms with Crippen LogP contribution in [0.15, 0.2) is 23.8 Å². The minimum atomic E-state index is 0.000477. The van der Waals surface area contributed by atoms with Crippen molar-refractivity contribution in [2.75, 3.05) is 32.7 Å². The summed E-state index contributed by atoms with van der Waals surface area (Å²) in [4.78, 5) is 14.0. The van der Waals surface area contributed by atoms with E-state index in [9.17, 15) is 4.79 Å². The molecule has 0 aromatic heterocycles. The van der Waals surface area contributed by atoms with E-state index in [2.05, 4.69) is 17.2 Å². The summed E-state index contributed by atoms with van der Waals surface area (Å²) in [5.41, 5.74) is 2.44. The van der Waals surface area contributed by atoms with Crippen molar-refractivity contribution < 1.29 is 4.79 Å². The fraction of sp³-hybridized carbons (Fsp3) is 0.625. The van der Waals surface area contributed by atoms with Gasteiger partial charge in [0.1, 0.15) is 0 Å². The largest absolute Gasteiger partial charge is 0.338 e. The Balaban J connectivity index is 1.46.